The van der Waals surface area contributed by atoms with Gasteiger partial charge in [0, 0.05) is 6.54 Å². The molecule has 0 fully saturated rings. The first-order valence-electron chi connectivity index (χ1n) is 7.54. The van der Waals surface area contributed by atoms with Gasteiger partial charge in [0.05, 0.1) is 6.61 Å². The number of ether oxygens (including phenoxy) is 2. The summed E-state index contributed by atoms with van der Waals surface area (Å²) in [5.41, 5.74) is 0. The fourth-order valence-corrected chi connectivity index (χ4v) is 1.50. The van der Waals surface area contributed by atoms with Crippen molar-refractivity contribution in [3.05, 3.63) is 24.3 Å². The summed E-state index contributed by atoms with van der Waals surface area (Å²) in [6.07, 6.45) is 2.44. The molecule has 0 aliphatic carbocycles. The van der Waals surface area contributed by atoms with E-state index in [9.17, 15) is 0 Å². The normalized spacial score (nSPS) is 9.48. The zero-order valence-electron chi connectivity index (χ0n) is 13.6. The number of hydrogen-bond acceptors (Lipinski definition) is 5. The minimum atomic E-state index is -1.82. The Morgan fingerprint density at radius 2 is 1.57 bits per heavy atom. The maximum absolute atomic E-state index is 9.10. The lowest BCUT2D eigenvalue weighted by Crippen LogP contribution is -2.22. The van der Waals surface area contributed by atoms with Gasteiger partial charge in [-0.05, 0) is 32.0 Å². The summed E-state index contributed by atoms with van der Waals surface area (Å²) in [6, 6.07) is 7.79. The van der Waals surface area contributed by atoms with E-state index in [1.54, 1.807) is 0 Å². The van der Waals surface area contributed by atoms with Gasteiger partial charge in [-0.1, -0.05) is 25.5 Å². The van der Waals surface area contributed by atoms with Crippen LogP contribution in [0.4, 0.5) is 0 Å². The summed E-state index contributed by atoms with van der Waals surface area (Å²) in [7, 11) is 0. The van der Waals surface area contributed by atoms with Crippen LogP contribution in [0, 0.1) is 0 Å². The van der Waals surface area contributed by atoms with Crippen molar-refractivity contribution in [3.63, 3.8) is 0 Å². The van der Waals surface area contributed by atoms with Crippen LogP contribution in [-0.4, -0.2) is 48.5 Å². The number of nitrogens with one attached hydrogen (secondary N) is 1. The largest absolute Gasteiger partial charge is 0.490 e. The lowest BCUT2D eigenvalue weighted by molar-refractivity contribution is -0.159. The Bertz CT molecular complexity index is 452. The average Bonchev–Trinajstić information content (AvgIpc) is 2.53. The minimum Gasteiger partial charge on any atom is -0.490 e. The maximum atomic E-state index is 9.10. The molecule has 0 atom stereocenters. The van der Waals surface area contributed by atoms with Crippen molar-refractivity contribution >= 4 is 11.9 Å². The topological polar surface area (TPSA) is 105 Å². The zero-order chi connectivity index (χ0) is 17.5. The molecule has 1 aromatic carbocycles. The quantitative estimate of drug-likeness (QED) is 0.470. The highest BCUT2D eigenvalue weighted by Crippen LogP contribution is 2.25. The standard InChI is InChI=1S/C14H23NO2.C2H2O4/c1-3-5-10-15-11-12-17-14-9-7-6-8-13(14)16-4-2;3-1(4)2(5)6/h6-9,15H,3-5,10-12H2,1-2H3;(H,3,4)(H,5,6). The Morgan fingerprint density at radius 3 is 2.04 bits per heavy atom. The molecule has 130 valence electrons. The molecule has 7 nitrogen and oxygen atoms in total. The van der Waals surface area contributed by atoms with Gasteiger partial charge >= 0.3 is 11.9 Å². The number of carboxylic acids is 2. The highest BCUT2D eigenvalue weighted by atomic mass is 16.5. The second kappa shape index (κ2) is 13.4. The number of rotatable bonds is 9. The van der Waals surface area contributed by atoms with Gasteiger partial charge in [0.15, 0.2) is 11.5 Å². The van der Waals surface area contributed by atoms with Crippen LogP contribution in [0.1, 0.15) is 26.7 Å². The lowest BCUT2D eigenvalue weighted by atomic mass is 10.3. The fourth-order valence-electron chi connectivity index (χ4n) is 1.50. The van der Waals surface area contributed by atoms with E-state index in [-0.39, 0.29) is 0 Å². The first kappa shape index (κ1) is 20.7. The maximum Gasteiger partial charge on any atom is 0.414 e. The molecule has 0 bridgehead atoms. The molecule has 0 saturated heterocycles. The van der Waals surface area contributed by atoms with E-state index >= 15 is 0 Å². The molecule has 0 radical (unpaired) electrons. The second-order valence-electron chi connectivity index (χ2n) is 4.44. The molecule has 0 aromatic heterocycles. The summed E-state index contributed by atoms with van der Waals surface area (Å²) in [4.78, 5) is 18.2. The lowest BCUT2D eigenvalue weighted by Gasteiger charge is -2.11. The summed E-state index contributed by atoms with van der Waals surface area (Å²) in [5.74, 6) is -2.00. The molecule has 1 rings (SSSR count). The SMILES string of the molecule is CCCCNCCOc1ccccc1OCC.O=C(O)C(=O)O. The third kappa shape index (κ3) is 11.0. The Hall–Kier alpha value is -2.28. The van der Waals surface area contributed by atoms with Crippen molar-refractivity contribution in [1.29, 1.82) is 0 Å². The molecule has 0 aliphatic heterocycles. The van der Waals surface area contributed by atoms with Crippen molar-refractivity contribution in [2.75, 3.05) is 26.3 Å². The smallest absolute Gasteiger partial charge is 0.414 e. The predicted octanol–water partition coefficient (Wildman–Crippen LogP) is 2.01. The highest BCUT2D eigenvalue weighted by Gasteiger charge is 2.04. The molecular formula is C16H25NO6. The Morgan fingerprint density at radius 1 is 1.00 bits per heavy atom. The summed E-state index contributed by atoms with van der Waals surface area (Å²) in [6.45, 7) is 7.44. The number of carbonyl (C=O) groups is 2. The molecule has 3 N–H and O–H groups in total. The average molecular weight is 327 g/mol. The first-order valence-corrected chi connectivity index (χ1v) is 7.54. The number of unbranched alkanes of at least 4 members (excludes halogenated alkanes) is 1. The van der Waals surface area contributed by atoms with E-state index < -0.39 is 11.9 Å². The van der Waals surface area contributed by atoms with Crippen molar-refractivity contribution in [2.24, 2.45) is 0 Å². The molecule has 23 heavy (non-hydrogen) atoms. The number of carboxylic acid groups (broad SMARTS) is 2. The molecule has 0 spiro atoms. The van der Waals surface area contributed by atoms with Gasteiger partial charge in [-0.2, -0.15) is 0 Å². The first-order chi connectivity index (χ1) is 11.0. The van der Waals surface area contributed by atoms with Crippen LogP contribution < -0.4 is 14.8 Å². The van der Waals surface area contributed by atoms with E-state index in [0.29, 0.717) is 13.2 Å². The van der Waals surface area contributed by atoms with Gasteiger partial charge in [0.25, 0.3) is 0 Å². The summed E-state index contributed by atoms with van der Waals surface area (Å²) in [5, 5.41) is 18.1. The Balaban J connectivity index is 0.000000688. The number of para-hydroxylation sites is 2. The fraction of sp³-hybridized carbons (Fsp3) is 0.500. The van der Waals surface area contributed by atoms with Gasteiger partial charge in [0.1, 0.15) is 6.61 Å². The van der Waals surface area contributed by atoms with Crippen LogP contribution in [0.25, 0.3) is 0 Å². The Kier molecular flexibility index (Phi) is 12.1. The molecular weight excluding hydrogens is 302 g/mol. The third-order valence-corrected chi connectivity index (χ3v) is 2.58. The van der Waals surface area contributed by atoms with Gasteiger partial charge < -0.3 is 25.0 Å². The van der Waals surface area contributed by atoms with Crippen LogP contribution >= 0.6 is 0 Å². The van der Waals surface area contributed by atoms with Crippen molar-refractivity contribution < 1.29 is 29.3 Å². The van der Waals surface area contributed by atoms with Crippen molar-refractivity contribution in [2.45, 2.75) is 26.7 Å². The molecule has 0 saturated carbocycles. The van der Waals surface area contributed by atoms with Crippen LogP contribution in [0.2, 0.25) is 0 Å². The van der Waals surface area contributed by atoms with Gasteiger partial charge in [-0.15, -0.1) is 0 Å². The number of benzene rings is 1. The van der Waals surface area contributed by atoms with Gasteiger partial charge in [-0.3, -0.25) is 0 Å². The summed E-state index contributed by atoms with van der Waals surface area (Å²) >= 11 is 0. The Labute approximate surface area is 136 Å². The van der Waals surface area contributed by atoms with E-state index in [4.69, 9.17) is 29.3 Å². The van der Waals surface area contributed by atoms with Crippen LogP contribution in [0.5, 0.6) is 11.5 Å². The minimum absolute atomic E-state index is 0.662. The number of hydrogen-bond donors (Lipinski definition) is 3. The summed E-state index contributed by atoms with van der Waals surface area (Å²) < 4.78 is 11.2. The van der Waals surface area contributed by atoms with Crippen LogP contribution in [0.3, 0.4) is 0 Å². The predicted molar refractivity (Wildman–Crippen MR) is 86.2 cm³/mol. The van der Waals surface area contributed by atoms with E-state index in [0.717, 1.165) is 24.6 Å². The van der Waals surface area contributed by atoms with Crippen LogP contribution in [-0.2, 0) is 9.59 Å². The van der Waals surface area contributed by atoms with Crippen molar-refractivity contribution in [3.8, 4) is 11.5 Å². The monoisotopic (exact) mass is 327 g/mol. The van der Waals surface area contributed by atoms with Gasteiger partial charge in [0.2, 0.25) is 0 Å². The molecule has 0 amide bonds. The van der Waals surface area contributed by atoms with E-state index in [2.05, 4.69) is 12.2 Å². The van der Waals surface area contributed by atoms with Crippen LogP contribution in [0.15, 0.2) is 24.3 Å². The third-order valence-electron chi connectivity index (χ3n) is 2.58. The molecule has 1 aromatic rings. The van der Waals surface area contributed by atoms with E-state index in [1.807, 2.05) is 31.2 Å². The number of aliphatic carboxylic acids is 2. The molecule has 0 aliphatic rings. The molecule has 0 heterocycles. The molecule has 7 heteroatoms. The van der Waals surface area contributed by atoms with E-state index in [1.165, 1.54) is 12.8 Å². The zero-order valence-corrected chi connectivity index (χ0v) is 13.6. The second-order valence-corrected chi connectivity index (χ2v) is 4.44. The highest BCUT2D eigenvalue weighted by molar-refractivity contribution is 6.27. The van der Waals surface area contributed by atoms with Gasteiger partial charge in [-0.25, -0.2) is 9.59 Å². The van der Waals surface area contributed by atoms with Crippen molar-refractivity contribution in [1.82, 2.24) is 5.32 Å². The molecule has 0 unspecified atom stereocenters.